The molecule has 0 saturated heterocycles. The van der Waals surface area contributed by atoms with Crippen LogP contribution in [0.3, 0.4) is 0 Å². The molecule has 0 spiro atoms. The molecule has 0 saturated carbocycles. The molecule has 0 amide bonds. The predicted molar refractivity (Wildman–Crippen MR) is 159 cm³/mol. The van der Waals surface area contributed by atoms with E-state index in [9.17, 15) is 0 Å². The highest BCUT2D eigenvalue weighted by atomic mass is 31.2. The predicted octanol–water partition coefficient (Wildman–Crippen LogP) is 7.64. The highest BCUT2D eigenvalue weighted by Crippen LogP contribution is 2.37. The van der Waals surface area contributed by atoms with Crippen LogP contribution in [0, 0.1) is 0 Å². The van der Waals surface area contributed by atoms with Crippen LogP contribution in [0.1, 0.15) is 80.9 Å². The molecule has 0 aliphatic heterocycles. The summed E-state index contributed by atoms with van der Waals surface area (Å²) in [6.45, 7) is 0.563. The van der Waals surface area contributed by atoms with Crippen LogP contribution in [0.2, 0.25) is 0 Å². The first-order valence-electron chi connectivity index (χ1n) is 14.0. The zero-order valence-corrected chi connectivity index (χ0v) is 23.7. The van der Waals surface area contributed by atoms with E-state index in [4.69, 9.17) is 19.7 Å². The first-order chi connectivity index (χ1) is 18.7. The maximum absolute atomic E-state index is 8.97. The molecule has 0 aliphatic carbocycles. The highest BCUT2D eigenvalue weighted by Gasteiger charge is 2.38. The van der Waals surface area contributed by atoms with Crippen LogP contribution in [0.15, 0.2) is 91.0 Å². The summed E-state index contributed by atoms with van der Waals surface area (Å²) in [5, 5.41) is 3.95. The number of benzene rings is 3. The summed E-state index contributed by atoms with van der Waals surface area (Å²) < 4.78 is 11.1. The van der Waals surface area contributed by atoms with E-state index < -0.39 is 14.1 Å². The largest absolute Gasteiger partial charge is 0.367 e. The third-order valence-electron chi connectivity index (χ3n) is 7.12. The summed E-state index contributed by atoms with van der Waals surface area (Å²) in [5.41, 5.74) is 8.32. The van der Waals surface area contributed by atoms with Gasteiger partial charge in [0.2, 0.25) is 8.53 Å². The average molecular weight is 537 g/mol. The van der Waals surface area contributed by atoms with E-state index in [0.29, 0.717) is 6.61 Å². The first kappa shape index (κ1) is 30.4. The van der Waals surface area contributed by atoms with Crippen molar-refractivity contribution in [3.63, 3.8) is 0 Å². The molecular weight excluding hydrogens is 491 g/mol. The molecule has 206 valence electrons. The molecule has 4 N–H and O–H groups in total. The second-order valence-corrected chi connectivity index (χ2v) is 10.7. The third kappa shape index (κ3) is 9.57. The van der Waals surface area contributed by atoms with Crippen molar-refractivity contribution in [3.05, 3.63) is 108 Å². The Morgan fingerprint density at radius 3 is 1.47 bits per heavy atom. The van der Waals surface area contributed by atoms with E-state index in [-0.39, 0.29) is 6.23 Å². The lowest BCUT2D eigenvalue weighted by molar-refractivity contribution is 0.0469. The van der Waals surface area contributed by atoms with Gasteiger partial charge in [-0.25, -0.2) is 0 Å². The van der Waals surface area contributed by atoms with E-state index in [1.165, 1.54) is 55.2 Å². The zero-order chi connectivity index (χ0) is 26.9. The van der Waals surface area contributed by atoms with Gasteiger partial charge >= 0.3 is 0 Å². The van der Waals surface area contributed by atoms with Crippen molar-refractivity contribution in [3.8, 4) is 0 Å². The molecule has 0 bridgehead atoms. The summed E-state index contributed by atoms with van der Waals surface area (Å²) in [6.07, 6.45) is 11.6. The Kier molecular flexibility index (Phi) is 14.0. The second kappa shape index (κ2) is 17.5. The van der Waals surface area contributed by atoms with Crippen LogP contribution in [-0.2, 0) is 14.8 Å². The monoisotopic (exact) mass is 536 g/mol. The molecule has 5 nitrogen and oxygen atoms in total. The quantitative estimate of drug-likeness (QED) is 0.0635. The van der Waals surface area contributed by atoms with Crippen molar-refractivity contribution in [1.82, 2.24) is 5.32 Å². The van der Waals surface area contributed by atoms with Crippen LogP contribution in [0.5, 0.6) is 0 Å². The molecule has 0 fully saturated rings. The van der Waals surface area contributed by atoms with Crippen molar-refractivity contribution in [2.75, 3.05) is 13.7 Å². The Hall–Kier alpha value is -2.11. The third-order valence-corrected chi connectivity index (χ3v) is 7.56. The molecule has 3 aromatic rings. The summed E-state index contributed by atoms with van der Waals surface area (Å²) in [4.78, 5) is 8.97. The van der Waals surface area contributed by atoms with Crippen LogP contribution < -0.4 is 10.8 Å². The van der Waals surface area contributed by atoms with Gasteiger partial charge in [0.25, 0.3) is 0 Å². The van der Waals surface area contributed by atoms with Gasteiger partial charge in [-0.2, -0.15) is 0 Å². The van der Waals surface area contributed by atoms with Crippen LogP contribution in [0.4, 0.5) is 0 Å². The minimum absolute atomic E-state index is 0.0775. The maximum Gasteiger partial charge on any atom is 0.250 e. The van der Waals surface area contributed by atoms with E-state index >= 15 is 0 Å². The van der Waals surface area contributed by atoms with Gasteiger partial charge in [0.05, 0.1) is 12.1 Å². The first-order valence-corrected chi connectivity index (χ1v) is 15.3. The smallest absolute Gasteiger partial charge is 0.250 e. The Bertz CT molecular complexity index is 893. The molecule has 3 aromatic carbocycles. The summed E-state index contributed by atoms with van der Waals surface area (Å²) in [6, 6.07) is 32.1. The van der Waals surface area contributed by atoms with Gasteiger partial charge in [0, 0.05) is 7.11 Å². The molecule has 3 rings (SSSR count). The van der Waals surface area contributed by atoms with Gasteiger partial charge in [-0.15, -0.1) is 0 Å². The van der Waals surface area contributed by atoms with E-state index in [1.54, 1.807) is 0 Å². The van der Waals surface area contributed by atoms with Crippen LogP contribution in [0.25, 0.3) is 0 Å². The van der Waals surface area contributed by atoms with E-state index in [1.807, 2.05) is 7.11 Å². The van der Waals surface area contributed by atoms with Gasteiger partial charge < -0.3 is 14.2 Å². The standard InChI is InChI=1S/C32H45N2O3P/c1-36-31(26-18-7-5-3-2-4-6-8-19-27-37-38(33)35)34-32(28-20-12-9-13-21-28,29-22-14-10-15-23-29)30-24-16-11-17-25-30/h9-17,20-25,31,34-35H,2-8,18-19,26-27,33H2,1H3. The molecular formula is C32H45N2O3P. The number of rotatable bonds is 19. The lowest BCUT2D eigenvalue weighted by atomic mass is 9.76. The number of nitrogens with one attached hydrogen (secondary N) is 1. The van der Waals surface area contributed by atoms with Gasteiger partial charge in [-0.1, -0.05) is 136 Å². The number of ether oxygens (including phenoxy) is 1. The Balaban J connectivity index is 1.55. The average Bonchev–Trinajstić information content (AvgIpc) is 2.96. The maximum atomic E-state index is 8.97. The van der Waals surface area contributed by atoms with Crippen molar-refractivity contribution in [1.29, 1.82) is 0 Å². The topological polar surface area (TPSA) is 76.7 Å². The zero-order valence-electron chi connectivity index (χ0n) is 22.8. The molecule has 0 aliphatic rings. The molecule has 2 unspecified atom stereocenters. The summed E-state index contributed by atoms with van der Waals surface area (Å²) >= 11 is 0. The van der Waals surface area contributed by atoms with Crippen LogP contribution in [-0.4, -0.2) is 24.8 Å². The second-order valence-electron chi connectivity index (χ2n) is 9.82. The van der Waals surface area contributed by atoms with Crippen molar-refractivity contribution < 1.29 is 14.2 Å². The summed E-state index contributed by atoms with van der Waals surface area (Å²) in [7, 11) is 0.109. The van der Waals surface area contributed by atoms with Gasteiger partial charge in [-0.05, 0) is 36.0 Å². The SMILES string of the molecule is COC(CCCCCCCCCCCOP(N)O)NC(c1ccccc1)(c1ccccc1)c1ccccc1. The number of hydrogen-bond donors (Lipinski definition) is 3. The summed E-state index contributed by atoms with van der Waals surface area (Å²) in [5.74, 6) is 0. The van der Waals surface area contributed by atoms with E-state index in [0.717, 1.165) is 25.7 Å². The van der Waals surface area contributed by atoms with Crippen molar-refractivity contribution >= 4 is 8.53 Å². The van der Waals surface area contributed by atoms with E-state index in [2.05, 4.69) is 96.3 Å². The normalized spacial score (nSPS) is 13.3. The highest BCUT2D eigenvalue weighted by molar-refractivity contribution is 7.43. The lowest BCUT2D eigenvalue weighted by Crippen LogP contribution is -2.50. The fourth-order valence-corrected chi connectivity index (χ4v) is 5.45. The minimum Gasteiger partial charge on any atom is -0.367 e. The molecule has 6 heteroatoms. The number of hydrogen-bond acceptors (Lipinski definition) is 5. The van der Waals surface area contributed by atoms with Gasteiger partial charge in [0.1, 0.15) is 6.23 Å². The molecule has 0 aromatic heterocycles. The van der Waals surface area contributed by atoms with Crippen molar-refractivity contribution in [2.45, 2.75) is 76.0 Å². The fraction of sp³-hybridized carbons (Fsp3) is 0.438. The Morgan fingerprint density at radius 2 is 1.08 bits per heavy atom. The molecule has 0 radical (unpaired) electrons. The van der Waals surface area contributed by atoms with Crippen LogP contribution >= 0.6 is 8.53 Å². The van der Waals surface area contributed by atoms with Crippen molar-refractivity contribution in [2.24, 2.45) is 5.50 Å². The Morgan fingerprint density at radius 1 is 0.684 bits per heavy atom. The molecule has 38 heavy (non-hydrogen) atoms. The van der Waals surface area contributed by atoms with Gasteiger partial charge in [0.15, 0.2) is 0 Å². The minimum atomic E-state index is -1.70. The molecule has 0 heterocycles. The Labute approximate surface area is 230 Å². The fourth-order valence-electron chi connectivity index (χ4n) is 5.13. The molecule has 2 atom stereocenters. The number of unbranched alkanes of at least 4 members (excludes halogenated alkanes) is 8. The van der Waals surface area contributed by atoms with Gasteiger partial charge in [-0.3, -0.25) is 10.8 Å². The lowest BCUT2D eigenvalue weighted by Gasteiger charge is -2.40. The number of methoxy groups -OCH3 is 1. The number of nitrogens with two attached hydrogens (primary N) is 1.